The highest BCUT2D eigenvalue weighted by Crippen LogP contribution is 1.63. The summed E-state index contributed by atoms with van der Waals surface area (Å²) in [5, 5.41) is 31.2. The molecule has 0 atom stereocenters. The molecule has 1 aromatic rings. The van der Waals surface area contributed by atoms with Gasteiger partial charge in [0, 0.05) is 18.2 Å². The number of aliphatic hydroxyl groups is 1. The third-order valence-corrected chi connectivity index (χ3v) is 1.78. The van der Waals surface area contributed by atoms with Gasteiger partial charge < -0.3 is 20.4 Å². The van der Waals surface area contributed by atoms with Crippen molar-refractivity contribution in [3.8, 4) is 0 Å². The summed E-state index contributed by atoms with van der Waals surface area (Å²) in [5.41, 5.74) is -2.49. The summed E-state index contributed by atoms with van der Waals surface area (Å²) in [7, 11) is 0. The molecule has 0 bridgehead atoms. The van der Waals surface area contributed by atoms with Crippen LogP contribution in [0, 0.1) is 0 Å². The van der Waals surface area contributed by atoms with Gasteiger partial charge in [-0.2, -0.15) is 0 Å². The fourth-order valence-corrected chi connectivity index (χ4v) is 0.756. The van der Waals surface area contributed by atoms with Crippen LogP contribution in [0.5, 0.6) is 0 Å². The van der Waals surface area contributed by atoms with Crippen LogP contribution in [0.3, 0.4) is 0 Å². The number of hydrogen-bond donors (Lipinski definition) is 6. The average molecular weight is 389 g/mol. The van der Waals surface area contributed by atoms with Gasteiger partial charge in [0.25, 0.3) is 0 Å². The maximum atomic E-state index is 10.8. The first kappa shape index (κ1) is 27.8. The zero-order chi connectivity index (χ0) is 22.0. The second-order valence-electron chi connectivity index (χ2n) is 3.69. The molecule has 0 amide bonds. The number of carbonyl (C=O) groups is 3. The Morgan fingerprint density at radius 2 is 1.07 bits per heavy atom. The Morgan fingerprint density at radius 3 is 1.26 bits per heavy atom. The number of aromatic amines is 2. The SMILES string of the molecule is C=CC(=O)O.C=CC(=O)O.C=CC(=O)O.O=c1[nH]c(=O)n(CCO)c(=O)[nH]1. The van der Waals surface area contributed by atoms with Crippen molar-refractivity contribution < 1.29 is 34.8 Å². The van der Waals surface area contributed by atoms with E-state index in [1.165, 1.54) is 0 Å². The van der Waals surface area contributed by atoms with Crippen molar-refractivity contribution in [2.75, 3.05) is 6.61 Å². The summed E-state index contributed by atoms with van der Waals surface area (Å²) in [4.78, 5) is 63.6. The van der Waals surface area contributed by atoms with Crippen molar-refractivity contribution in [2.45, 2.75) is 6.54 Å². The van der Waals surface area contributed by atoms with E-state index >= 15 is 0 Å². The van der Waals surface area contributed by atoms with E-state index in [2.05, 4.69) is 19.7 Å². The Balaban J connectivity index is -0.000000323. The van der Waals surface area contributed by atoms with E-state index in [1.807, 2.05) is 9.97 Å². The summed E-state index contributed by atoms with van der Waals surface area (Å²) >= 11 is 0. The number of H-pyrrole nitrogens is 2. The summed E-state index contributed by atoms with van der Waals surface area (Å²) in [6.07, 6.45) is 2.50. The number of nitrogens with one attached hydrogen (secondary N) is 2. The molecular weight excluding hydrogens is 370 g/mol. The molecule has 27 heavy (non-hydrogen) atoms. The minimum absolute atomic E-state index is 0.134. The molecule has 150 valence electrons. The summed E-state index contributed by atoms with van der Waals surface area (Å²) in [6, 6.07) is 0. The van der Waals surface area contributed by atoms with Crippen LogP contribution in [0.2, 0.25) is 0 Å². The van der Waals surface area contributed by atoms with E-state index in [1.54, 1.807) is 0 Å². The van der Waals surface area contributed by atoms with Gasteiger partial charge in [0.05, 0.1) is 13.2 Å². The molecular formula is C14H19N3O10. The Bertz CT molecular complexity index is 738. The summed E-state index contributed by atoms with van der Waals surface area (Å²) in [6.45, 7) is 8.41. The van der Waals surface area contributed by atoms with Crippen LogP contribution in [0.4, 0.5) is 0 Å². The highest BCUT2D eigenvalue weighted by Gasteiger charge is 1.99. The van der Waals surface area contributed by atoms with Crippen molar-refractivity contribution in [1.82, 2.24) is 14.5 Å². The first-order valence-corrected chi connectivity index (χ1v) is 6.57. The fourth-order valence-electron chi connectivity index (χ4n) is 0.756. The van der Waals surface area contributed by atoms with Crippen LogP contribution in [0.1, 0.15) is 0 Å². The highest BCUT2D eigenvalue weighted by molar-refractivity contribution is 5.79. The van der Waals surface area contributed by atoms with Crippen molar-refractivity contribution >= 4 is 17.9 Å². The number of aliphatic hydroxyl groups excluding tert-OH is 1. The normalized spacial score (nSPS) is 8.04. The Labute approximate surface area is 150 Å². The molecule has 0 fully saturated rings. The molecule has 0 aliphatic rings. The average Bonchev–Trinajstić information content (AvgIpc) is 2.59. The first-order valence-electron chi connectivity index (χ1n) is 6.57. The topological polar surface area (TPSA) is 220 Å². The Hall–Kier alpha value is -4.00. The molecule has 0 spiro atoms. The second kappa shape index (κ2) is 16.8. The van der Waals surface area contributed by atoms with Crippen molar-refractivity contribution in [2.24, 2.45) is 0 Å². The number of aliphatic carboxylic acids is 3. The number of rotatable bonds is 5. The van der Waals surface area contributed by atoms with Crippen LogP contribution >= 0.6 is 0 Å². The van der Waals surface area contributed by atoms with Crippen LogP contribution in [-0.4, -0.2) is 59.5 Å². The minimum Gasteiger partial charge on any atom is -0.478 e. The largest absolute Gasteiger partial charge is 0.478 e. The lowest BCUT2D eigenvalue weighted by molar-refractivity contribution is -0.132. The van der Waals surface area contributed by atoms with Gasteiger partial charge in [-0.3, -0.25) is 9.97 Å². The van der Waals surface area contributed by atoms with E-state index in [-0.39, 0.29) is 13.2 Å². The molecule has 0 unspecified atom stereocenters. The van der Waals surface area contributed by atoms with Gasteiger partial charge in [0.2, 0.25) is 0 Å². The molecule has 0 radical (unpaired) electrons. The molecule has 13 nitrogen and oxygen atoms in total. The van der Waals surface area contributed by atoms with Crippen LogP contribution in [0.15, 0.2) is 52.3 Å². The summed E-state index contributed by atoms with van der Waals surface area (Å²) < 4.78 is 0.696. The van der Waals surface area contributed by atoms with E-state index in [0.717, 1.165) is 18.2 Å². The van der Waals surface area contributed by atoms with Crippen LogP contribution in [0.25, 0.3) is 0 Å². The third kappa shape index (κ3) is 20.0. The maximum Gasteiger partial charge on any atom is 0.333 e. The first-order chi connectivity index (χ1) is 12.5. The van der Waals surface area contributed by atoms with Gasteiger partial charge in [-0.1, -0.05) is 19.7 Å². The smallest absolute Gasteiger partial charge is 0.333 e. The number of carboxylic acids is 3. The molecule has 1 rings (SSSR count). The Kier molecular flexibility index (Phi) is 17.4. The highest BCUT2D eigenvalue weighted by atomic mass is 16.4. The molecule has 13 heteroatoms. The van der Waals surface area contributed by atoms with Gasteiger partial charge in [-0.15, -0.1) is 0 Å². The van der Waals surface area contributed by atoms with Crippen LogP contribution < -0.4 is 17.1 Å². The standard InChI is InChI=1S/C5H7N3O4.3C3H4O2/c9-2-1-8-4(11)6-3(10)7-5(8)12;3*1-2-3(4)5/h9H,1-2H2,(H2,6,7,10,11,12);3*2H,1H2,(H,4,5). The third-order valence-electron chi connectivity index (χ3n) is 1.78. The number of aromatic nitrogens is 3. The van der Waals surface area contributed by atoms with E-state index in [4.69, 9.17) is 20.4 Å². The molecule has 6 N–H and O–H groups in total. The van der Waals surface area contributed by atoms with E-state index in [0.29, 0.717) is 4.57 Å². The monoisotopic (exact) mass is 389 g/mol. The van der Waals surface area contributed by atoms with Gasteiger partial charge >= 0.3 is 35.0 Å². The molecule has 0 saturated carbocycles. The van der Waals surface area contributed by atoms with Crippen molar-refractivity contribution in [3.63, 3.8) is 0 Å². The van der Waals surface area contributed by atoms with Crippen molar-refractivity contribution in [3.05, 3.63) is 69.4 Å². The molecule has 0 saturated heterocycles. The lowest BCUT2D eigenvalue weighted by atomic mass is 10.7. The number of nitrogens with zero attached hydrogens (tertiary/aromatic N) is 1. The quantitative estimate of drug-likeness (QED) is 0.304. The Morgan fingerprint density at radius 1 is 0.815 bits per heavy atom. The van der Waals surface area contributed by atoms with Crippen molar-refractivity contribution in [1.29, 1.82) is 0 Å². The molecule has 1 heterocycles. The predicted molar refractivity (Wildman–Crippen MR) is 92.5 cm³/mol. The maximum absolute atomic E-state index is 10.8. The lowest BCUT2D eigenvalue weighted by Gasteiger charge is -1.97. The van der Waals surface area contributed by atoms with Gasteiger partial charge in [-0.05, 0) is 0 Å². The van der Waals surface area contributed by atoms with E-state index < -0.39 is 35.0 Å². The van der Waals surface area contributed by atoms with Gasteiger partial charge in [0.15, 0.2) is 0 Å². The fraction of sp³-hybridized carbons (Fsp3) is 0.143. The predicted octanol–water partition coefficient (Wildman–Crippen LogP) is -2.01. The van der Waals surface area contributed by atoms with Gasteiger partial charge in [0.1, 0.15) is 0 Å². The molecule has 0 aliphatic carbocycles. The number of carboxylic acid groups (broad SMARTS) is 3. The number of hydrogen-bond acceptors (Lipinski definition) is 7. The van der Waals surface area contributed by atoms with Gasteiger partial charge in [-0.25, -0.2) is 33.3 Å². The van der Waals surface area contributed by atoms with Crippen LogP contribution in [-0.2, 0) is 20.9 Å². The molecule has 0 aliphatic heterocycles. The lowest BCUT2D eigenvalue weighted by Crippen LogP contribution is -2.43. The summed E-state index contributed by atoms with van der Waals surface area (Å²) in [5.74, 6) is -2.94. The second-order valence-corrected chi connectivity index (χ2v) is 3.69. The zero-order valence-electron chi connectivity index (χ0n) is 14.0. The zero-order valence-corrected chi connectivity index (χ0v) is 14.0. The minimum atomic E-state index is -0.981. The molecule has 0 aromatic carbocycles. The molecule has 1 aromatic heterocycles. The van der Waals surface area contributed by atoms with E-state index in [9.17, 15) is 28.8 Å².